The van der Waals surface area contributed by atoms with E-state index in [1.807, 2.05) is 31.0 Å². The van der Waals surface area contributed by atoms with Crippen molar-refractivity contribution < 1.29 is 9.21 Å². The zero-order valence-electron chi connectivity index (χ0n) is 14.8. The smallest absolute Gasteiger partial charge is 0.242 e. The Bertz CT molecular complexity index is 748. The summed E-state index contributed by atoms with van der Waals surface area (Å²) in [6.07, 6.45) is 1.57. The van der Waals surface area contributed by atoms with Crippen molar-refractivity contribution >= 4 is 35.1 Å². The lowest BCUT2D eigenvalue weighted by molar-refractivity contribution is -0.119. The minimum Gasteiger partial charge on any atom is -0.467 e. The summed E-state index contributed by atoms with van der Waals surface area (Å²) in [5, 5.41) is 6.97. The van der Waals surface area contributed by atoms with Gasteiger partial charge in [-0.1, -0.05) is 29.3 Å². The molecular weight excluding hydrogens is 375 g/mol. The normalized spacial score (nSPS) is 11.3. The maximum atomic E-state index is 12.0. The number of guanidine groups is 1. The third-order valence-electron chi connectivity index (χ3n) is 3.51. The molecule has 1 amide bonds. The summed E-state index contributed by atoms with van der Waals surface area (Å²) in [5.41, 5.74) is 0.995. The number of furan rings is 1. The number of carbonyl (C=O) groups is 1. The zero-order chi connectivity index (χ0) is 18.9. The maximum absolute atomic E-state index is 12.0. The van der Waals surface area contributed by atoms with Crippen molar-refractivity contribution in [2.45, 2.75) is 20.0 Å². The minimum atomic E-state index is -0.181. The molecule has 1 aromatic heterocycles. The monoisotopic (exact) mass is 396 g/mol. The number of amides is 1. The van der Waals surface area contributed by atoms with Gasteiger partial charge in [0.1, 0.15) is 12.3 Å². The zero-order valence-corrected chi connectivity index (χ0v) is 16.3. The van der Waals surface area contributed by atoms with Crippen LogP contribution in [-0.4, -0.2) is 36.9 Å². The average Bonchev–Trinajstić information content (AvgIpc) is 3.13. The fourth-order valence-electron chi connectivity index (χ4n) is 2.26. The van der Waals surface area contributed by atoms with Gasteiger partial charge in [-0.25, -0.2) is 4.99 Å². The van der Waals surface area contributed by atoms with Gasteiger partial charge in [-0.3, -0.25) is 4.79 Å². The first-order valence-electron chi connectivity index (χ1n) is 8.22. The highest BCUT2D eigenvalue weighted by Gasteiger charge is 2.09. The van der Waals surface area contributed by atoms with E-state index in [4.69, 9.17) is 27.6 Å². The van der Waals surface area contributed by atoms with Crippen molar-refractivity contribution in [3.8, 4) is 0 Å². The Morgan fingerprint density at radius 2 is 2.04 bits per heavy atom. The molecule has 2 rings (SSSR count). The number of benzene rings is 1. The van der Waals surface area contributed by atoms with Crippen molar-refractivity contribution in [1.82, 2.24) is 15.5 Å². The quantitative estimate of drug-likeness (QED) is 0.556. The van der Waals surface area contributed by atoms with Gasteiger partial charge in [-0.2, -0.15) is 0 Å². The largest absolute Gasteiger partial charge is 0.467 e. The molecule has 0 saturated heterocycles. The molecule has 26 heavy (non-hydrogen) atoms. The van der Waals surface area contributed by atoms with Crippen LogP contribution in [0, 0.1) is 0 Å². The van der Waals surface area contributed by atoms with Gasteiger partial charge >= 0.3 is 0 Å². The van der Waals surface area contributed by atoms with Crippen LogP contribution in [0.3, 0.4) is 0 Å². The van der Waals surface area contributed by atoms with E-state index in [1.54, 1.807) is 24.5 Å². The Morgan fingerprint density at radius 1 is 1.23 bits per heavy atom. The molecule has 0 fully saturated rings. The van der Waals surface area contributed by atoms with Crippen LogP contribution in [0.25, 0.3) is 0 Å². The molecule has 1 heterocycles. The number of carbonyl (C=O) groups excluding carboxylic acids is 1. The first-order chi connectivity index (χ1) is 12.5. The number of hydrogen-bond donors (Lipinski definition) is 2. The van der Waals surface area contributed by atoms with Crippen molar-refractivity contribution in [2.75, 3.05) is 20.1 Å². The molecule has 0 radical (unpaired) electrons. The highest BCUT2D eigenvalue weighted by atomic mass is 35.5. The Morgan fingerprint density at radius 3 is 2.69 bits per heavy atom. The van der Waals surface area contributed by atoms with E-state index >= 15 is 0 Å². The second-order valence-corrected chi connectivity index (χ2v) is 6.45. The average molecular weight is 397 g/mol. The van der Waals surface area contributed by atoms with Crippen LogP contribution < -0.4 is 10.6 Å². The first-order valence-corrected chi connectivity index (χ1v) is 8.97. The van der Waals surface area contributed by atoms with E-state index in [1.165, 1.54) is 0 Å². The van der Waals surface area contributed by atoms with E-state index < -0.39 is 0 Å². The molecule has 0 atom stereocenters. The van der Waals surface area contributed by atoms with E-state index in [0.29, 0.717) is 41.4 Å². The fourth-order valence-corrected chi connectivity index (χ4v) is 2.58. The van der Waals surface area contributed by atoms with Gasteiger partial charge in [-0.15, -0.1) is 0 Å². The summed E-state index contributed by atoms with van der Waals surface area (Å²) in [6.45, 7) is 3.61. The highest BCUT2D eigenvalue weighted by Crippen LogP contribution is 2.23. The second-order valence-electron chi connectivity index (χ2n) is 5.63. The van der Waals surface area contributed by atoms with Gasteiger partial charge in [0.05, 0.1) is 22.9 Å². The molecule has 8 heteroatoms. The molecule has 0 saturated carbocycles. The summed E-state index contributed by atoms with van der Waals surface area (Å²) >= 11 is 12.0. The molecule has 0 aliphatic heterocycles. The Kier molecular flexibility index (Phi) is 7.81. The molecule has 0 aliphatic rings. The van der Waals surface area contributed by atoms with E-state index in [0.717, 1.165) is 5.56 Å². The molecule has 6 nitrogen and oxygen atoms in total. The van der Waals surface area contributed by atoms with Crippen LogP contribution in [0.15, 0.2) is 46.0 Å². The lowest BCUT2D eigenvalue weighted by Gasteiger charge is -2.22. The van der Waals surface area contributed by atoms with Gasteiger partial charge in [0, 0.05) is 20.1 Å². The number of rotatable bonds is 7. The minimum absolute atomic E-state index is 0.0226. The van der Waals surface area contributed by atoms with E-state index in [-0.39, 0.29) is 12.5 Å². The number of halogens is 2. The first kappa shape index (κ1) is 20.1. The van der Waals surface area contributed by atoms with Gasteiger partial charge < -0.3 is 20.0 Å². The summed E-state index contributed by atoms with van der Waals surface area (Å²) in [6, 6.07) is 9.07. The predicted octanol–water partition coefficient (Wildman–Crippen LogP) is 3.30. The van der Waals surface area contributed by atoms with Crippen LogP contribution in [0.2, 0.25) is 10.0 Å². The molecule has 2 N–H and O–H groups in total. The Hall–Kier alpha value is -2.18. The lowest BCUT2D eigenvalue weighted by Crippen LogP contribution is -2.39. The standard InChI is InChI=1S/C18H22Cl2N4O2/c1-3-21-18(23-11-17(25)22-10-14-5-4-8-26-14)24(2)12-13-6-7-15(19)16(20)9-13/h4-9H,3,10-12H2,1-2H3,(H,21,23)(H,22,25). The lowest BCUT2D eigenvalue weighted by atomic mass is 10.2. The topological polar surface area (TPSA) is 69.9 Å². The van der Waals surface area contributed by atoms with Crippen LogP contribution in [0.5, 0.6) is 0 Å². The summed E-state index contributed by atoms with van der Waals surface area (Å²) < 4.78 is 5.18. The van der Waals surface area contributed by atoms with Crippen molar-refractivity contribution in [3.63, 3.8) is 0 Å². The van der Waals surface area contributed by atoms with Crippen LogP contribution in [0.1, 0.15) is 18.2 Å². The van der Waals surface area contributed by atoms with Crippen molar-refractivity contribution in [3.05, 3.63) is 58.0 Å². The number of nitrogens with one attached hydrogen (secondary N) is 2. The molecule has 1 aromatic carbocycles. The van der Waals surface area contributed by atoms with E-state index in [9.17, 15) is 4.79 Å². The SMILES string of the molecule is CCNC(=NCC(=O)NCc1ccco1)N(C)Cc1ccc(Cl)c(Cl)c1. The summed E-state index contributed by atoms with van der Waals surface area (Å²) in [4.78, 5) is 18.3. The molecule has 0 unspecified atom stereocenters. The van der Waals surface area contributed by atoms with E-state index in [2.05, 4.69) is 15.6 Å². The van der Waals surface area contributed by atoms with Crippen LogP contribution in [0.4, 0.5) is 0 Å². The fraction of sp³-hybridized carbons (Fsp3) is 0.333. The van der Waals surface area contributed by atoms with Crippen molar-refractivity contribution in [2.24, 2.45) is 4.99 Å². The Labute approximate surface area is 163 Å². The van der Waals surface area contributed by atoms with Gasteiger partial charge in [0.15, 0.2) is 5.96 Å². The van der Waals surface area contributed by atoms with Crippen LogP contribution in [-0.2, 0) is 17.9 Å². The highest BCUT2D eigenvalue weighted by molar-refractivity contribution is 6.42. The summed E-state index contributed by atoms with van der Waals surface area (Å²) in [5.74, 6) is 1.15. The van der Waals surface area contributed by atoms with Crippen LogP contribution >= 0.6 is 23.2 Å². The van der Waals surface area contributed by atoms with Gasteiger partial charge in [0.2, 0.25) is 5.91 Å². The Balaban J connectivity index is 1.93. The van der Waals surface area contributed by atoms with Gasteiger partial charge in [0.25, 0.3) is 0 Å². The molecule has 140 valence electrons. The third kappa shape index (κ3) is 6.28. The molecule has 2 aromatic rings. The number of nitrogens with zero attached hydrogens (tertiary/aromatic N) is 2. The second kappa shape index (κ2) is 10.1. The summed E-state index contributed by atoms with van der Waals surface area (Å²) in [7, 11) is 1.89. The molecular formula is C18H22Cl2N4O2. The maximum Gasteiger partial charge on any atom is 0.242 e. The third-order valence-corrected chi connectivity index (χ3v) is 4.25. The number of aliphatic imine (C=N–C) groups is 1. The van der Waals surface area contributed by atoms with Gasteiger partial charge in [-0.05, 0) is 36.8 Å². The number of hydrogen-bond acceptors (Lipinski definition) is 3. The molecule has 0 bridgehead atoms. The molecule has 0 aliphatic carbocycles. The molecule has 0 spiro atoms. The predicted molar refractivity (Wildman–Crippen MR) is 104 cm³/mol. The van der Waals surface area contributed by atoms with Crippen molar-refractivity contribution in [1.29, 1.82) is 0 Å².